The number of benzene rings is 3. The van der Waals surface area contributed by atoms with Crippen molar-refractivity contribution in [3.63, 3.8) is 0 Å². The molecule has 1 saturated heterocycles. The van der Waals surface area contributed by atoms with Crippen LogP contribution in [0.1, 0.15) is 30.5 Å². The van der Waals surface area contributed by atoms with E-state index in [1.165, 1.54) is 5.56 Å². The Labute approximate surface area is 194 Å². The van der Waals surface area contributed by atoms with Crippen LogP contribution < -0.4 is 19.7 Å². The third-order valence-corrected chi connectivity index (χ3v) is 6.82. The summed E-state index contributed by atoms with van der Waals surface area (Å²) in [5.74, 6) is 1.40. The molecular formula is C28H28N2O3. The molecule has 0 spiro atoms. The zero-order valence-corrected chi connectivity index (χ0v) is 19.2. The Morgan fingerprint density at radius 3 is 2.55 bits per heavy atom. The van der Waals surface area contributed by atoms with E-state index in [0.717, 1.165) is 16.8 Å². The molecular weight excluding hydrogens is 412 g/mol. The number of amides is 1. The molecule has 5 rings (SSSR count). The molecule has 0 aliphatic carbocycles. The van der Waals surface area contributed by atoms with Crippen molar-refractivity contribution in [2.75, 3.05) is 18.6 Å². The SMILES string of the molecule is COc1cc(/C=C/[C@@]23NC(=O)CN2c2ccccc2C3(C)C)ccc1OCc1ccccc1. The molecule has 0 radical (unpaired) electrons. The number of nitrogens with one attached hydrogen (secondary N) is 1. The Morgan fingerprint density at radius 2 is 1.76 bits per heavy atom. The molecule has 168 valence electrons. The standard InChI is InChI=1S/C28H28N2O3/c1-27(2)22-11-7-8-12-23(22)30-18-26(31)29-28(27,30)16-15-20-13-14-24(25(17-20)32-3)33-19-21-9-5-4-6-10-21/h4-17H,18-19H2,1-3H3,(H,29,31)/b16-15+/t28-/m1/s1. The summed E-state index contributed by atoms with van der Waals surface area (Å²) >= 11 is 0. The van der Waals surface area contributed by atoms with Crippen LogP contribution in [0.4, 0.5) is 5.69 Å². The van der Waals surface area contributed by atoms with Crippen LogP contribution in [0.5, 0.6) is 11.5 Å². The fourth-order valence-electron chi connectivity index (χ4n) is 5.00. The highest BCUT2D eigenvalue weighted by Gasteiger charge is 2.59. The quantitative estimate of drug-likeness (QED) is 0.592. The molecule has 1 atom stereocenters. The molecule has 3 aromatic rings. The largest absolute Gasteiger partial charge is 0.493 e. The second-order valence-electron chi connectivity index (χ2n) is 9.06. The molecule has 1 fully saturated rings. The second-order valence-corrected chi connectivity index (χ2v) is 9.06. The maximum absolute atomic E-state index is 12.5. The van der Waals surface area contributed by atoms with E-state index < -0.39 is 5.66 Å². The lowest BCUT2D eigenvalue weighted by molar-refractivity contribution is -0.118. The Balaban J connectivity index is 1.43. The van der Waals surface area contributed by atoms with Crippen LogP contribution in [-0.4, -0.2) is 25.2 Å². The summed E-state index contributed by atoms with van der Waals surface area (Å²) in [5, 5.41) is 3.26. The highest BCUT2D eigenvalue weighted by atomic mass is 16.5. The van der Waals surface area contributed by atoms with Gasteiger partial charge >= 0.3 is 0 Å². The summed E-state index contributed by atoms with van der Waals surface area (Å²) in [5.41, 5.74) is 3.49. The van der Waals surface area contributed by atoms with Crippen molar-refractivity contribution in [1.82, 2.24) is 5.32 Å². The number of ether oxygens (including phenoxy) is 2. The second kappa shape index (κ2) is 8.00. The van der Waals surface area contributed by atoms with Gasteiger partial charge in [-0.15, -0.1) is 0 Å². The van der Waals surface area contributed by atoms with E-state index in [9.17, 15) is 4.79 Å². The molecule has 1 N–H and O–H groups in total. The minimum absolute atomic E-state index is 0.0319. The molecule has 0 bridgehead atoms. The smallest absolute Gasteiger partial charge is 0.241 e. The first kappa shape index (κ1) is 21.1. The number of hydrogen-bond donors (Lipinski definition) is 1. The zero-order chi connectivity index (χ0) is 23.1. The Bertz CT molecular complexity index is 1220. The minimum Gasteiger partial charge on any atom is -0.493 e. The maximum Gasteiger partial charge on any atom is 0.241 e. The van der Waals surface area contributed by atoms with Crippen LogP contribution in [0.25, 0.3) is 6.08 Å². The van der Waals surface area contributed by atoms with Crippen molar-refractivity contribution in [3.05, 3.63) is 95.6 Å². The molecule has 0 aromatic heterocycles. The van der Waals surface area contributed by atoms with Gasteiger partial charge in [0.2, 0.25) is 5.91 Å². The predicted molar refractivity (Wildman–Crippen MR) is 130 cm³/mol. The van der Waals surface area contributed by atoms with E-state index in [1.807, 2.05) is 54.6 Å². The van der Waals surface area contributed by atoms with E-state index in [4.69, 9.17) is 9.47 Å². The van der Waals surface area contributed by atoms with Gasteiger partial charge in [-0.3, -0.25) is 4.79 Å². The summed E-state index contributed by atoms with van der Waals surface area (Å²) in [7, 11) is 1.65. The summed E-state index contributed by atoms with van der Waals surface area (Å²) in [4.78, 5) is 14.7. The van der Waals surface area contributed by atoms with E-state index in [-0.39, 0.29) is 11.3 Å². The summed E-state index contributed by atoms with van der Waals surface area (Å²) in [6, 6.07) is 24.3. The normalized spacial score (nSPS) is 20.5. The first-order valence-electron chi connectivity index (χ1n) is 11.2. The van der Waals surface area contributed by atoms with Gasteiger partial charge in [-0.2, -0.15) is 0 Å². The van der Waals surface area contributed by atoms with Crippen LogP contribution in [0, 0.1) is 0 Å². The van der Waals surface area contributed by atoms with Crippen molar-refractivity contribution < 1.29 is 14.3 Å². The lowest BCUT2D eigenvalue weighted by atomic mass is 9.75. The lowest BCUT2D eigenvalue weighted by Gasteiger charge is -2.40. The average Bonchev–Trinajstić information content (AvgIpc) is 3.27. The average molecular weight is 441 g/mol. The van der Waals surface area contributed by atoms with Crippen molar-refractivity contribution in [3.8, 4) is 11.5 Å². The number of carbonyl (C=O) groups is 1. The summed E-state index contributed by atoms with van der Waals surface area (Å²) in [6.45, 7) is 5.19. The molecule has 2 heterocycles. The van der Waals surface area contributed by atoms with Gasteiger partial charge in [-0.1, -0.05) is 74.5 Å². The number of hydrogen-bond acceptors (Lipinski definition) is 4. The van der Waals surface area contributed by atoms with Crippen LogP contribution in [0.15, 0.2) is 78.9 Å². The van der Waals surface area contributed by atoms with Gasteiger partial charge in [0.15, 0.2) is 11.5 Å². The molecule has 0 unspecified atom stereocenters. The van der Waals surface area contributed by atoms with Gasteiger partial charge < -0.3 is 19.7 Å². The lowest BCUT2D eigenvalue weighted by Crippen LogP contribution is -2.58. The number of rotatable bonds is 6. The van der Waals surface area contributed by atoms with E-state index >= 15 is 0 Å². The van der Waals surface area contributed by atoms with Crippen LogP contribution in [0.3, 0.4) is 0 Å². The molecule has 1 amide bonds. The van der Waals surface area contributed by atoms with Crippen molar-refractivity contribution in [2.45, 2.75) is 31.5 Å². The van der Waals surface area contributed by atoms with Gasteiger partial charge in [0.05, 0.1) is 13.7 Å². The van der Waals surface area contributed by atoms with E-state index in [1.54, 1.807) is 7.11 Å². The first-order chi connectivity index (χ1) is 15.9. The topological polar surface area (TPSA) is 50.8 Å². The summed E-state index contributed by atoms with van der Waals surface area (Å²) < 4.78 is 11.6. The first-order valence-corrected chi connectivity index (χ1v) is 11.2. The fourth-order valence-corrected chi connectivity index (χ4v) is 5.00. The number of anilines is 1. The number of carbonyl (C=O) groups excluding carboxylic acids is 1. The molecule has 33 heavy (non-hydrogen) atoms. The van der Waals surface area contributed by atoms with Crippen LogP contribution in [-0.2, 0) is 16.8 Å². The number of fused-ring (bicyclic) bond motifs is 3. The fraction of sp³-hybridized carbons (Fsp3) is 0.250. The molecule has 3 aromatic carbocycles. The molecule has 5 heteroatoms. The van der Waals surface area contributed by atoms with Crippen molar-refractivity contribution in [2.24, 2.45) is 0 Å². The zero-order valence-electron chi connectivity index (χ0n) is 19.2. The number of para-hydroxylation sites is 1. The van der Waals surface area contributed by atoms with Gasteiger partial charge in [-0.05, 0) is 41.0 Å². The van der Waals surface area contributed by atoms with Gasteiger partial charge in [0, 0.05) is 11.1 Å². The van der Waals surface area contributed by atoms with Crippen LogP contribution >= 0.6 is 0 Å². The molecule has 0 saturated carbocycles. The monoisotopic (exact) mass is 440 g/mol. The third kappa shape index (κ3) is 3.44. The van der Waals surface area contributed by atoms with E-state index in [0.29, 0.717) is 24.7 Å². The Morgan fingerprint density at radius 1 is 1.00 bits per heavy atom. The number of methoxy groups -OCH3 is 1. The molecule has 5 nitrogen and oxygen atoms in total. The predicted octanol–water partition coefficient (Wildman–Crippen LogP) is 4.91. The van der Waals surface area contributed by atoms with Gasteiger partial charge in [-0.25, -0.2) is 0 Å². The van der Waals surface area contributed by atoms with Crippen molar-refractivity contribution in [1.29, 1.82) is 0 Å². The molecule has 2 aliphatic rings. The Kier molecular flexibility index (Phi) is 5.12. The Hall–Kier alpha value is -3.73. The maximum atomic E-state index is 12.5. The minimum atomic E-state index is -0.622. The summed E-state index contributed by atoms with van der Waals surface area (Å²) in [6.07, 6.45) is 4.16. The third-order valence-electron chi connectivity index (χ3n) is 6.82. The van der Waals surface area contributed by atoms with Crippen LogP contribution in [0.2, 0.25) is 0 Å². The number of nitrogens with zero attached hydrogens (tertiary/aromatic N) is 1. The van der Waals surface area contributed by atoms with Gasteiger partial charge in [0.25, 0.3) is 0 Å². The van der Waals surface area contributed by atoms with Gasteiger partial charge in [0.1, 0.15) is 12.3 Å². The highest BCUT2D eigenvalue weighted by molar-refractivity contribution is 5.91. The highest BCUT2D eigenvalue weighted by Crippen LogP contribution is 2.52. The van der Waals surface area contributed by atoms with Crippen molar-refractivity contribution >= 4 is 17.7 Å². The molecule has 2 aliphatic heterocycles. The van der Waals surface area contributed by atoms with E-state index in [2.05, 4.69) is 54.4 Å².